The van der Waals surface area contributed by atoms with Crippen LogP contribution in [0.4, 0.5) is 5.69 Å². The summed E-state index contributed by atoms with van der Waals surface area (Å²) in [6.45, 7) is 3.49. The number of aliphatic hydroxyl groups is 1. The molecule has 0 radical (unpaired) electrons. The van der Waals surface area contributed by atoms with Crippen LogP contribution in [-0.2, 0) is 14.9 Å². The molecule has 4 saturated heterocycles. The number of ether oxygens (including phenoxy) is 2. The van der Waals surface area contributed by atoms with Crippen LogP contribution in [0.5, 0.6) is 5.75 Å². The summed E-state index contributed by atoms with van der Waals surface area (Å²) in [4.78, 5) is 19.4. The molecule has 1 spiro atoms. The van der Waals surface area contributed by atoms with E-state index in [-0.39, 0.29) is 36.0 Å². The lowest BCUT2D eigenvalue weighted by Crippen LogP contribution is -2.68. The quantitative estimate of drug-likeness (QED) is 0.630. The molecule has 6 nitrogen and oxygen atoms in total. The van der Waals surface area contributed by atoms with Gasteiger partial charge in [0.15, 0.2) is 0 Å². The minimum absolute atomic E-state index is 0.0950. The van der Waals surface area contributed by atoms with Crippen LogP contribution in [0.25, 0.3) is 0 Å². The van der Waals surface area contributed by atoms with E-state index >= 15 is 0 Å². The Morgan fingerprint density at radius 2 is 2.25 bits per heavy atom. The van der Waals surface area contributed by atoms with Crippen molar-refractivity contribution in [3.63, 3.8) is 0 Å². The molecule has 0 aromatic heterocycles. The molecule has 1 saturated carbocycles. The van der Waals surface area contributed by atoms with Gasteiger partial charge in [0.05, 0.1) is 30.0 Å². The number of benzene rings is 1. The zero-order chi connectivity index (χ0) is 19.4. The number of carbonyl (C=O) groups is 1. The van der Waals surface area contributed by atoms with Gasteiger partial charge in [-0.2, -0.15) is 0 Å². The number of aliphatic hydroxyl groups excluding tert-OH is 1. The van der Waals surface area contributed by atoms with Gasteiger partial charge in [0, 0.05) is 18.9 Å². The summed E-state index contributed by atoms with van der Waals surface area (Å²) < 4.78 is 11.6. The minimum Gasteiger partial charge on any atom is -0.497 e. The predicted octanol–water partition coefficient (Wildman–Crippen LogP) is 2.32. The first-order chi connectivity index (χ1) is 13.5. The molecular weight excluding hydrogens is 356 g/mol. The molecule has 1 aromatic carbocycles. The van der Waals surface area contributed by atoms with Crippen LogP contribution in [0.15, 0.2) is 34.8 Å². The van der Waals surface area contributed by atoms with Crippen molar-refractivity contribution in [3.8, 4) is 5.75 Å². The van der Waals surface area contributed by atoms with Crippen molar-refractivity contribution in [1.29, 1.82) is 0 Å². The molecule has 1 N–H and O–H groups in total. The van der Waals surface area contributed by atoms with Gasteiger partial charge in [0.2, 0.25) is 0 Å². The Morgan fingerprint density at radius 1 is 1.43 bits per heavy atom. The molecule has 5 aliphatic heterocycles. The molecule has 1 aromatic rings. The van der Waals surface area contributed by atoms with E-state index in [0.717, 1.165) is 41.1 Å². The summed E-state index contributed by atoms with van der Waals surface area (Å²) in [6.07, 6.45) is 2.98. The Bertz CT molecular complexity index is 969. The Balaban J connectivity index is 1.61. The third-order valence-electron chi connectivity index (χ3n) is 7.83. The molecule has 146 valence electrons. The third-order valence-corrected chi connectivity index (χ3v) is 7.83. The smallest absolute Gasteiger partial charge is 0.302 e. The second kappa shape index (κ2) is 5.24. The lowest BCUT2D eigenvalue weighted by atomic mass is 9.66. The number of rotatable bonds is 2. The average molecular weight is 380 g/mol. The summed E-state index contributed by atoms with van der Waals surface area (Å²) in [5, 5.41) is 11.1. The lowest BCUT2D eigenvalue weighted by molar-refractivity contribution is -0.156. The number of esters is 1. The highest BCUT2D eigenvalue weighted by Gasteiger charge is 2.75. The Kier molecular flexibility index (Phi) is 3.14. The van der Waals surface area contributed by atoms with E-state index in [4.69, 9.17) is 14.5 Å². The Hall–Kier alpha value is -2.18. The molecule has 6 aliphatic rings. The number of piperidine rings is 4. The summed E-state index contributed by atoms with van der Waals surface area (Å²) in [6, 6.07) is 6.29. The summed E-state index contributed by atoms with van der Waals surface area (Å²) >= 11 is 0. The molecule has 8 atom stereocenters. The van der Waals surface area contributed by atoms with E-state index < -0.39 is 11.6 Å². The molecule has 5 fully saturated rings. The average Bonchev–Trinajstić information content (AvgIpc) is 3.14. The van der Waals surface area contributed by atoms with E-state index in [9.17, 15) is 9.90 Å². The summed E-state index contributed by atoms with van der Waals surface area (Å²) in [7, 11) is 1.67. The van der Waals surface area contributed by atoms with Gasteiger partial charge < -0.3 is 14.6 Å². The van der Waals surface area contributed by atoms with Crippen molar-refractivity contribution in [2.45, 2.75) is 56.5 Å². The minimum atomic E-state index is -0.565. The normalized spacial score (nSPS) is 45.1. The van der Waals surface area contributed by atoms with Gasteiger partial charge in [-0.25, -0.2) is 0 Å². The lowest BCUT2D eigenvalue weighted by Gasteiger charge is -2.58. The monoisotopic (exact) mass is 380 g/mol. The first kappa shape index (κ1) is 16.7. The topological polar surface area (TPSA) is 71.4 Å². The number of hydrogen-bond acceptors (Lipinski definition) is 6. The molecule has 0 amide bonds. The van der Waals surface area contributed by atoms with Crippen molar-refractivity contribution in [2.24, 2.45) is 16.8 Å². The highest BCUT2D eigenvalue weighted by Crippen LogP contribution is 2.67. The third kappa shape index (κ3) is 1.68. The standard InChI is InChI=1S/C22H24N2O4/c1-4-12-13-8-16-19-22(14-7-11(27-3)5-6-15(14)23-19)9-17(24(16)21(12)26)18(13)20(22)28-10(2)25/h4-7,13,16-18,20-21,26H,8-9H2,1-3H3/b12-4+/t13-,16-,17-,18-,20+,21+,22+/m0/s1. The SMILES string of the molecule is C/C=C1/[C@@H](O)N2[C@H]3C[C@@H]1[C@@H]1[C@@H](OC(C)=O)[C@@]4(C[C@@H]12)C3=Nc1ccc(OC)cc14. The summed E-state index contributed by atoms with van der Waals surface area (Å²) in [5.74, 6) is 0.954. The van der Waals surface area contributed by atoms with Crippen molar-refractivity contribution in [3.05, 3.63) is 35.4 Å². The molecule has 6 heteroatoms. The zero-order valence-corrected chi connectivity index (χ0v) is 16.3. The number of aliphatic imine (C=N–C) groups is 1. The molecule has 1 aliphatic carbocycles. The second-order valence-electron chi connectivity index (χ2n) is 8.70. The van der Waals surface area contributed by atoms with Crippen LogP contribution in [0, 0.1) is 11.8 Å². The zero-order valence-electron chi connectivity index (χ0n) is 16.3. The van der Waals surface area contributed by atoms with Crippen molar-refractivity contribution in [2.75, 3.05) is 7.11 Å². The fourth-order valence-electron chi connectivity index (χ4n) is 7.04. The molecule has 7 rings (SSSR count). The van der Waals surface area contributed by atoms with E-state index in [1.54, 1.807) is 7.11 Å². The first-order valence-corrected chi connectivity index (χ1v) is 10.1. The van der Waals surface area contributed by atoms with E-state index in [2.05, 4.69) is 11.0 Å². The maximum atomic E-state index is 12.1. The van der Waals surface area contributed by atoms with Crippen LogP contribution in [0.2, 0.25) is 0 Å². The van der Waals surface area contributed by atoms with Gasteiger partial charge in [-0.05, 0) is 55.0 Å². The van der Waals surface area contributed by atoms with Gasteiger partial charge in [-0.3, -0.25) is 14.7 Å². The maximum absolute atomic E-state index is 12.1. The molecular formula is C22H24N2O4. The van der Waals surface area contributed by atoms with Gasteiger partial charge in [-0.1, -0.05) is 6.08 Å². The number of methoxy groups -OCH3 is 1. The van der Waals surface area contributed by atoms with Gasteiger partial charge in [0.25, 0.3) is 0 Å². The number of carbonyl (C=O) groups excluding carboxylic acids is 1. The maximum Gasteiger partial charge on any atom is 0.302 e. The van der Waals surface area contributed by atoms with E-state index in [0.29, 0.717) is 0 Å². The largest absolute Gasteiger partial charge is 0.497 e. The van der Waals surface area contributed by atoms with Crippen LogP contribution >= 0.6 is 0 Å². The fraction of sp³-hybridized carbons (Fsp3) is 0.545. The van der Waals surface area contributed by atoms with Crippen LogP contribution in [0.1, 0.15) is 32.3 Å². The van der Waals surface area contributed by atoms with E-state index in [1.807, 2.05) is 25.1 Å². The molecule has 5 heterocycles. The van der Waals surface area contributed by atoms with Gasteiger partial charge in [0.1, 0.15) is 18.1 Å². The number of nitrogens with zero attached hydrogens (tertiary/aromatic N) is 2. The fourth-order valence-corrected chi connectivity index (χ4v) is 7.04. The Morgan fingerprint density at radius 3 is 2.96 bits per heavy atom. The van der Waals surface area contributed by atoms with Crippen LogP contribution < -0.4 is 4.74 Å². The predicted molar refractivity (Wildman–Crippen MR) is 103 cm³/mol. The summed E-state index contributed by atoms with van der Waals surface area (Å²) in [5.41, 5.74) is 3.79. The number of hydrogen-bond donors (Lipinski definition) is 1. The Labute approximate surface area is 163 Å². The van der Waals surface area contributed by atoms with Crippen molar-refractivity contribution < 1.29 is 19.4 Å². The van der Waals surface area contributed by atoms with Crippen LogP contribution in [-0.4, -0.2) is 53.2 Å². The van der Waals surface area contributed by atoms with Crippen molar-refractivity contribution >= 4 is 17.4 Å². The van der Waals surface area contributed by atoms with Crippen molar-refractivity contribution in [1.82, 2.24) is 4.90 Å². The van der Waals surface area contributed by atoms with Gasteiger partial charge >= 0.3 is 5.97 Å². The van der Waals surface area contributed by atoms with Gasteiger partial charge in [-0.15, -0.1) is 0 Å². The molecule has 1 unspecified atom stereocenters. The number of allylic oxidation sites excluding steroid dienone is 1. The first-order valence-electron chi connectivity index (χ1n) is 10.1. The molecule has 28 heavy (non-hydrogen) atoms. The highest BCUT2D eigenvalue weighted by atomic mass is 16.5. The number of fused-ring (bicyclic) bond motifs is 2. The van der Waals surface area contributed by atoms with E-state index in [1.165, 1.54) is 6.92 Å². The highest BCUT2D eigenvalue weighted by molar-refractivity contribution is 6.08. The second-order valence-corrected chi connectivity index (χ2v) is 8.70. The molecule has 5 bridgehead atoms. The van der Waals surface area contributed by atoms with Crippen LogP contribution in [0.3, 0.4) is 0 Å².